The maximum Gasteiger partial charge on any atom is 0.305 e. The van der Waals surface area contributed by atoms with Gasteiger partial charge < -0.3 is 9.84 Å². The predicted octanol–water partition coefficient (Wildman–Crippen LogP) is 3.26. The summed E-state index contributed by atoms with van der Waals surface area (Å²) < 4.78 is 4.61. The third-order valence-corrected chi connectivity index (χ3v) is 4.47. The number of rotatable bonds is 9. The van der Waals surface area contributed by atoms with Crippen LogP contribution in [-0.2, 0) is 14.3 Å². The van der Waals surface area contributed by atoms with Gasteiger partial charge in [-0.2, -0.15) is 0 Å². The van der Waals surface area contributed by atoms with E-state index in [0.717, 1.165) is 51.4 Å². The van der Waals surface area contributed by atoms with E-state index in [1.807, 2.05) is 0 Å². The van der Waals surface area contributed by atoms with Crippen molar-refractivity contribution >= 4 is 11.8 Å². The van der Waals surface area contributed by atoms with E-state index in [-0.39, 0.29) is 30.0 Å². The topological polar surface area (TPSA) is 63.6 Å². The fourth-order valence-electron chi connectivity index (χ4n) is 3.03. The van der Waals surface area contributed by atoms with Crippen LogP contribution < -0.4 is 0 Å². The second-order valence-electron chi connectivity index (χ2n) is 6.32. The summed E-state index contributed by atoms with van der Waals surface area (Å²) >= 11 is 0. The summed E-state index contributed by atoms with van der Waals surface area (Å²) in [5.74, 6) is 5.96. The number of carbonyl (C=O) groups is 2. The van der Waals surface area contributed by atoms with Gasteiger partial charge in [-0.1, -0.05) is 38.5 Å². The normalized spacial score (nSPS) is 23.4. The van der Waals surface area contributed by atoms with Crippen LogP contribution >= 0.6 is 0 Å². The van der Waals surface area contributed by atoms with Crippen molar-refractivity contribution in [3.63, 3.8) is 0 Å². The molecule has 0 heterocycles. The van der Waals surface area contributed by atoms with Crippen LogP contribution in [0.25, 0.3) is 0 Å². The summed E-state index contributed by atoms with van der Waals surface area (Å²) in [6, 6.07) is 0. The molecule has 0 radical (unpaired) electrons. The first-order valence-corrected chi connectivity index (χ1v) is 8.86. The van der Waals surface area contributed by atoms with Crippen LogP contribution in [0.15, 0.2) is 0 Å². The molecular formula is C19H30O4. The molecule has 0 aliphatic heterocycles. The number of ether oxygens (including phenoxy) is 1. The van der Waals surface area contributed by atoms with Crippen molar-refractivity contribution < 1.29 is 19.4 Å². The smallest absolute Gasteiger partial charge is 0.305 e. The number of Topliss-reactive ketones (excluding diaryl/α,β-unsaturated/α-hetero) is 1. The summed E-state index contributed by atoms with van der Waals surface area (Å²) in [5, 5.41) is 10.0. The minimum absolute atomic E-state index is 0.111. The van der Waals surface area contributed by atoms with Gasteiger partial charge in [0.2, 0.25) is 0 Å². The zero-order valence-electron chi connectivity index (χ0n) is 14.5. The first-order valence-electron chi connectivity index (χ1n) is 8.86. The number of methoxy groups -OCH3 is 1. The van der Waals surface area contributed by atoms with Crippen molar-refractivity contribution in [1.82, 2.24) is 0 Å². The van der Waals surface area contributed by atoms with Crippen LogP contribution in [0.2, 0.25) is 0 Å². The van der Waals surface area contributed by atoms with Gasteiger partial charge in [0.1, 0.15) is 5.78 Å². The van der Waals surface area contributed by atoms with Crippen LogP contribution in [0.3, 0.4) is 0 Å². The number of aliphatic hydroxyl groups excluding tert-OH is 1. The Bertz CT molecular complexity index is 432. The Labute approximate surface area is 140 Å². The monoisotopic (exact) mass is 322 g/mol. The van der Waals surface area contributed by atoms with Crippen molar-refractivity contribution in [1.29, 1.82) is 0 Å². The van der Waals surface area contributed by atoms with Gasteiger partial charge in [0, 0.05) is 25.2 Å². The zero-order chi connectivity index (χ0) is 17.1. The van der Waals surface area contributed by atoms with Crippen molar-refractivity contribution in [2.45, 2.75) is 77.2 Å². The average Bonchev–Trinajstić information content (AvgIpc) is 2.80. The van der Waals surface area contributed by atoms with Crippen molar-refractivity contribution in [3.05, 3.63) is 0 Å². The van der Waals surface area contributed by atoms with E-state index < -0.39 is 6.10 Å². The summed E-state index contributed by atoms with van der Waals surface area (Å²) in [7, 11) is 1.40. The lowest BCUT2D eigenvalue weighted by Crippen LogP contribution is -2.19. The van der Waals surface area contributed by atoms with Crippen LogP contribution in [0.4, 0.5) is 0 Å². The molecule has 23 heavy (non-hydrogen) atoms. The maximum absolute atomic E-state index is 12.0. The summed E-state index contributed by atoms with van der Waals surface area (Å²) in [5.41, 5.74) is 0. The third-order valence-electron chi connectivity index (χ3n) is 4.47. The Hall–Kier alpha value is -1.34. The van der Waals surface area contributed by atoms with E-state index in [0.29, 0.717) is 6.42 Å². The summed E-state index contributed by atoms with van der Waals surface area (Å²) in [6.45, 7) is 2.12. The Morgan fingerprint density at radius 3 is 2.70 bits per heavy atom. The molecule has 4 nitrogen and oxygen atoms in total. The number of carbonyl (C=O) groups excluding carboxylic acids is 2. The molecule has 1 rings (SSSR count). The molecule has 0 spiro atoms. The highest BCUT2D eigenvalue weighted by atomic mass is 16.5. The van der Waals surface area contributed by atoms with Crippen LogP contribution in [0, 0.1) is 23.7 Å². The predicted molar refractivity (Wildman–Crippen MR) is 89.6 cm³/mol. The molecule has 1 fully saturated rings. The molecular weight excluding hydrogens is 292 g/mol. The Morgan fingerprint density at radius 1 is 1.26 bits per heavy atom. The van der Waals surface area contributed by atoms with E-state index in [9.17, 15) is 14.7 Å². The lowest BCUT2D eigenvalue weighted by Gasteiger charge is -2.15. The molecule has 0 aromatic heterocycles. The fourth-order valence-corrected chi connectivity index (χ4v) is 3.03. The molecule has 0 unspecified atom stereocenters. The molecule has 3 atom stereocenters. The van der Waals surface area contributed by atoms with E-state index in [4.69, 9.17) is 0 Å². The van der Waals surface area contributed by atoms with Crippen LogP contribution in [0.5, 0.6) is 0 Å². The third kappa shape index (κ3) is 7.18. The second-order valence-corrected chi connectivity index (χ2v) is 6.32. The van der Waals surface area contributed by atoms with Gasteiger partial charge in [-0.15, -0.1) is 5.92 Å². The number of aliphatic hydroxyl groups is 1. The lowest BCUT2D eigenvalue weighted by molar-refractivity contribution is -0.140. The van der Waals surface area contributed by atoms with Crippen LogP contribution in [-0.4, -0.2) is 30.1 Å². The second kappa shape index (κ2) is 11.2. The molecule has 130 valence electrons. The maximum atomic E-state index is 12.0. The van der Waals surface area contributed by atoms with E-state index in [1.165, 1.54) is 7.11 Å². The molecule has 1 aliphatic rings. The van der Waals surface area contributed by atoms with Gasteiger partial charge >= 0.3 is 5.97 Å². The van der Waals surface area contributed by atoms with Gasteiger partial charge in [0.05, 0.1) is 19.1 Å². The van der Waals surface area contributed by atoms with E-state index in [2.05, 4.69) is 23.5 Å². The minimum atomic E-state index is -0.596. The number of ketones is 1. The molecule has 0 aromatic carbocycles. The highest BCUT2D eigenvalue weighted by Crippen LogP contribution is 2.32. The van der Waals surface area contributed by atoms with Crippen molar-refractivity contribution in [3.8, 4) is 11.8 Å². The minimum Gasteiger partial charge on any atom is -0.469 e. The van der Waals surface area contributed by atoms with Gasteiger partial charge in [-0.3, -0.25) is 9.59 Å². The average molecular weight is 322 g/mol. The van der Waals surface area contributed by atoms with Crippen molar-refractivity contribution in [2.24, 2.45) is 11.8 Å². The van der Waals surface area contributed by atoms with Crippen LogP contribution in [0.1, 0.15) is 71.1 Å². The first kappa shape index (κ1) is 19.7. The Kier molecular flexibility index (Phi) is 9.63. The molecule has 0 amide bonds. The number of hydrogen-bond acceptors (Lipinski definition) is 4. The SMILES string of the molecule is CCCCC#C[C@@H]1[C@H](O)CC(=O)[C@@H]1CCCCCCC(=O)OC. The molecule has 0 aromatic rings. The molecule has 0 saturated heterocycles. The van der Waals surface area contributed by atoms with E-state index in [1.54, 1.807) is 0 Å². The highest BCUT2D eigenvalue weighted by Gasteiger charge is 2.39. The Balaban J connectivity index is 2.32. The zero-order valence-corrected chi connectivity index (χ0v) is 14.5. The summed E-state index contributed by atoms with van der Waals surface area (Å²) in [6.07, 6.45) is 7.65. The lowest BCUT2D eigenvalue weighted by atomic mass is 9.89. The highest BCUT2D eigenvalue weighted by molar-refractivity contribution is 5.84. The molecule has 1 saturated carbocycles. The standard InChI is InChI=1S/C19H30O4/c1-3-4-5-8-11-15-16(18(21)14-17(15)20)12-9-6-7-10-13-19(22)23-2/h15-17,20H,3-7,9-10,12-14H2,1-2H3/t15-,16+,17+/m0/s1. The van der Waals surface area contributed by atoms with Gasteiger partial charge in [0.25, 0.3) is 0 Å². The molecule has 1 N–H and O–H groups in total. The Morgan fingerprint density at radius 2 is 2.00 bits per heavy atom. The van der Waals surface area contributed by atoms with Gasteiger partial charge in [-0.25, -0.2) is 0 Å². The van der Waals surface area contributed by atoms with Gasteiger partial charge in [0.15, 0.2) is 0 Å². The fraction of sp³-hybridized carbons (Fsp3) is 0.789. The van der Waals surface area contributed by atoms with Gasteiger partial charge in [-0.05, 0) is 19.3 Å². The van der Waals surface area contributed by atoms with Crippen molar-refractivity contribution in [2.75, 3.05) is 7.11 Å². The number of esters is 1. The number of hydrogen-bond donors (Lipinski definition) is 1. The first-order chi connectivity index (χ1) is 11.1. The quantitative estimate of drug-likeness (QED) is 0.402. The molecule has 1 aliphatic carbocycles. The number of unbranched alkanes of at least 4 members (excludes halogenated alkanes) is 5. The van der Waals surface area contributed by atoms with E-state index >= 15 is 0 Å². The molecule has 0 bridgehead atoms. The summed E-state index contributed by atoms with van der Waals surface area (Å²) in [4.78, 5) is 23.1. The largest absolute Gasteiger partial charge is 0.469 e. The molecule has 4 heteroatoms.